The number of ether oxygens (including phenoxy) is 1. The number of aromatic nitrogens is 1. The fraction of sp³-hybridized carbons (Fsp3) is 0.278. The summed E-state index contributed by atoms with van der Waals surface area (Å²) in [5.41, 5.74) is 1.28. The van der Waals surface area contributed by atoms with Gasteiger partial charge in [-0.3, -0.25) is 9.36 Å². The number of carbonyl (C=O) groups is 2. The van der Waals surface area contributed by atoms with Crippen molar-refractivity contribution < 1.29 is 18.7 Å². The Hall–Kier alpha value is -2.87. The Balaban J connectivity index is 1.84. The molecular formula is C18H18N2O5S. The lowest BCUT2D eigenvalue weighted by atomic mass is 10.2. The molecule has 26 heavy (non-hydrogen) atoms. The molecule has 1 aromatic carbocycles. The summed E-state index contributed by atoms with van der Waals surface area (Å²) in [5.74, 6) is -1.51. The predicted molar refractivity (Wildman–Crippen MR) is 98.8 cm³/mol. The van der Waals surface area contributed by atoms with Gasteiger partial charge in [-0.15, -0.1) is 11.3 Å². The number of fused-ring (bicyclic) bond motifs is 1. The summed E-state index contributed by atoms with van der Waals surface area (Å²) in [6.45, 7) is 3.72. The number of hydrogen-bond donors (Lipinski definition) is 1. The van der Waals surface area contributed by atoms with E-state index >= 15 is 0 Å². The molecule has 0 aliphatic rings. The fourth-order valence-electron chi connectivity index (χ4n) is 2.54. The van der Waals surface area contributed by atoms with Crippen LogP contribution in [0.3, 0.4) is 0 Å². The molecule has 136 valence electrons. The molecule has 2 heterocycles. The standard InChI is InChI=1S/C18H18N2O5S/c1-3-11-9-12(17(22)24-4-2)16(26-11)19-15(21)10-20-13-7-5-6-8-14(13)25-18(20)23/h5-9H,3-4,10H2,1-2H3,(H,19,21). The smallest absolute Gasteiger partial charge is 0.420 e. The van der Waals surface area contributed by atoms with Gasteiger partial charge >= 0.3 is 11.7 Å². The van der Waals surface area contributed by atoms with Crippen LogP contribution in [-0.4, -0.2) is 23.1 Å². The van der Waals surface area contributed by atoms with Crippen LogP contribution >= 0.6 is 11.3 Å². The molecule has 1 N–H and O–H groups in total. The highest BCUT2D eigenvalue weighted by atomic mass is 32.1. The number of nitrogens with one attached hydrogen (secondary N) is 1. The Morgan fingerprint density at radius 2 is 2.04 bits per heavy atom. The Morgan fingerprint density at radius 1 is 1.27 bits per heavy atom. The molecular weight excluding hydrogens is 356 g/mol. The molecule has 2 aromatic heterocycles. The van der Waals surface area contributed by atoms with Crippen LogP contribution in [-0.2, 0) is 22.5 Å². The van der Waals surface area contributed by atoms with Gasteiger partial charge in [0.2, 0.25) is 5.91 Å². The van der Waals surface area contributed by atoms with Crippen LogP contribution < -0.4 is 11.1 Å². The highest BCUT2D eigenvalue weighted by Crippen LogP contribution is 2.29. The van der Waals surface area contributed by atoms with E-state index in [4.69, 9.17) is 9.15 Å². The van der Waals surface area contributed by atoms with Crippen LogP contribution in [0.25, 0.3) is 11.1 Å². The third-order valence-corrected chi connectivity index (χ3v) is 4.95. The van der Waals surface area contributed by atoms with E-state index in [0.29, 0.717) is 21.7 Å². The molecule has 7 nitrogen and oxygen atoms in total. The summed E-state index contributed by atoms with van der Waals surface area (Å²) in [5, 5.41) is 3.13. The van der Waals surface area contributed by atoms with Crippen molar-refractivity contribution in [3.8, 4) is 0 Å². The summed E-state index contributed by atoms with van der Waals surface area (Å²) in [7, 11) is 0. The molecule has 0 fully saturated rings. The molecule has 0 radical (unpaired) electrons. The zero-order chi connectivity index (χ0) is 18.7. The van der Waals surface area contributed by atoms with Crippen LogP contribution in [0.15, 0.2) is 39.5 Å². The highest BCUT2D eigenvalue weighted by Gasteiger charge is 2.20. The first kappa shape index (κ1) is 17.9. The number of rotatable bonds is 6. The van der Waals surface area contributed by atoms with Crippen molar-refractivity contribution in [2.75, 3.05) is 11.9 Å². The fourth-order valence-corrected chi connectivity index (χ4v) is 3.54. The van der Waals surface area contributed by atoms with Gasteiger partial charge in [-0.05, 0) is 31.5 Å². The van der Waals surface area contributed by atoms with Crippen molar-refractivity contribution in [1.29, 1.82) is 0 Å². The molecule has 0 unspecified atom stereocenters. The summed E-state index contributed by atoms with van der Waals surface area (Å²) in [6.07, 6.45) is 0.735. The largest absolute Gasteiger partial charge is 0.462 e. The number of anilines is 1. The number of esters is 1. The second-order valence-corrected chi connectivity index (χ2v) is 6.64. The molecule has 0 aliphatic heterocycles. The molecule has 0 saturated carbocycles. The van der Waals surface area contributed by atoms with E-state index < -0.39 is 17.6 Å². The van der Waals surface area contributed by atoms with Crippen molar-refractivity contribution in [2.45, 2.75) is 26.8 Å². The number of amides is 1. The Bertz CT molecular complexity index is 1010. The van der Waals surface area contributed by atoms with E-state index in [1.807, 2.05) is 6.92 Å². The molecule has 1 amide bonds. The number of oxazole rings is 1. The first-order chi connectivity index (χ1) is 12.5. The topological polar surface area (TPSA) is 90.5 Å². The van der Waals surface area contributed by atoms with Crippen molar-refractivity contribution in [3.05, 3.63) is 51.3 Å². The van der Waals surface area contributed by atoms with Gasteiger partial charge in [-0.2, -0.15) is 0 Å². The van der Waals surface area contributed by atoms with E-state index in [2.05, 4.69) is 5.32 Å². The van der Waals surface area contributed by atoms with E-state index in [9.17, 15) is 14.4 Å². The molecule has 0 bridgehead atoms. The minimum atomic E-state index is -0.604. The monoisotopic (exact) mass is 374 g/mol. The maximum Gasteiger partial charge on any atom is 0.420 e. The molecule has 0 saturated heterocycles. The Morgan fingerprint density at radius 3 is 2.77 bits per heavy atom. The molecule has 3 rings (SSSR count). The quantitative estimate of drug-likeness (QED) is 0.670. The van der Waals surface area contributed by atoms with Gasteiger partial charge in [0.1, 0.15) is 11.5 Å². The maximum atomic E-state index is 12.4. The summed E-state index contributed by atoms with van der Waals surface area (Å²) in [4.78, 5) is 37.5. The van der Waals surface area contributed by atoms with Crippen LogP contribution in [0.4, 0.5) is 5.00 Å². The lowest BCUT2D eigenvalue weighted by Gasteiger charge is -2.06. The number of nitrogens with zero attached hydrogens (tertiary/aromatic N) is 1. The lowest BCUT2D eigenvalue weighted by molar-refractivity contribution is -0.116. The summed E-state index contributed by atoms with van der Waals surface area (Å²) < 4.78 is 11.4. The van der Waals surface area contributed by atoms with Gasteiger partial charge < -0.3 is 14.5 Å². The zero-order valence-corrected chi connectivity index (χ0v) is 15.2. The van der Waals surface area contributed by atoms with Crippen molar-refractivity contribution in [1.82, 2.24) is 4.57 Å². The summed E-state index contributed by atoms with van der Waals surface area (Å²) in [6, 6.07) is 8.60. The molecule has 3 aromatic rings. The van der Waals surface area contributed by atoms with E-state index in [-0.39, 0.29) is 13.2 Å². The average Bonchev–Trinajstić information content (AvgIpc) is 3.16. The van der Waals surface area contributed by atoms with Gasteiger partial charge in [0.05, 0.1) is 17.7 Å². The number of hydrogen-bond acceptors (Lipinski definition) is 6. The minimum Gasteiger partial charge on any atom is -0.462 e. The van der Waals surface area contributed by atoms with Crippen LogP contribution in [0, 0.1) is 0 Å². The first-order valence-corrected chi connectivity index (χ1v) is 9.03. The second-order valence-electron chi connectivity index (χ2n) is 5.50. The number of carbonyl (C=O) groups excluding carboxylic acids is 2. The van der Waals surface area contributed by atoms with E-state index in [1.165, 1.54) is 15.9 Å². The third-order valence-electron chi connectivity index (χ3n) is 3.76. The first-order valence-electron chi connectivity index (χ1n) is 8.21. The zero-order valence-electron chi connectivity index (χ0n) is 14.4. The van der Waals surface area contributed by atoms with Gasteiger partial charge in [-0.25, -0.2) is 9.59 Å². The molecule has 0 spiro atoms. The van der Waals surface area contributed by atoms with Crippen molar-refractivity contribution in [3.63, 3.8) is 0 Å². The maximum absolute atomic E-state index is 12.4. The highest BCUT2D eigenvalue weighted by molar-refractivity contribution is 7.16. The van der Waals surface area contributed by atoms with Gasteiger partial charge in [-0.1, -0.05) is 19.1 Å². The van der Waals surface area contributed by atoms with E-state index in [0.717, 1.165) is 11.3 Å². The SMILES string of the molecule is CCOC(=O)c1cc(CC)sc1NC(=O)Cn1c(=O)oc2ccccc21. The average molecular weight is 374 g/mol. The normalized spacial score (nSPS) is 10.8. The van der Waals surface area contributed by atoms with Crippen LogP contribution in [0.2, 0.25) is 0 Å². The summed E-state index contributed by atoms with van der Waals surface area (Å²) >= 11 is 1.32. The predicted octanol–water partition coefficient (Wildman–Crippen LogP) is 3.03. The number of benzene rings is 1. The Labute approximate surface area is 153 Å². The number of thiophene rings is 1. The Kier molecular flexibility index (Phi) is 5.22. The molecule has 0 aliphatic carbocycles. The molecule has 0 atom stereocenters. The van der Waals surface area contributed by atoms with Gasteiger partial charge in [0.15, 0.2) is 5.58 Å². The lowest BCUT2D eigenvalue weighted by Crippen LogP contribution is -2.25. The van der Waals surface area contributed by atoms with Crippen molar-refractivity contribution >= 4 is 39.3 Å². The van der Waals surface area contributed by atoms with Crippen LogP contribution in [0.5, 0.6) is 0 Å². The number of aryl methyl sites for hydroxylation is 1. The van der Waals surface area contributed by atoms with Crippen molar-refractivity contribution in [2.24, 2.45) is 0 Å². The van der Waals surface area contributed by atoms with E-state index in [1.54, 1.807) is 37.3 Å². The van der Waals surface area contributed by atoms with Crippen LogP contribution in [0.1, 0.15) is 29.1 Å². The third kappa shape index (κ3) is 3.55. The number of para-hydroxylation sites is 2. The second kappa shape index (κ2) is 7.57. The van der Waals surface area contributed by atoms with Gasteiger partial charge in [0.25, 0.3) is 0 Å². The minimum absolute atomic E-state index is 0.211. The molecule has 8 heteroatoms. The van der Waals surface area contributed by atoms with Gasteiger partial charge in [0, 0.05) is 4.88 Å².